The first-order valence-corrected chi connectivity index (χ1v) is 5.27. The van der Waals surface area contributed by atoms with Gasteiger partial charge in [0.25, 0.3) is 0 Å². The predicted molar refractivity (Wildman–Crippen MR) is 64.4 cm³/mol. The molecular weight excluding hydrogens is 243 g/mol. The van der Waals surface area contributed by atoms with Crippen LogP contribution in [-0.4, -0.2) is 4.98 Å². The summed E-state index contributed by atoms with van der Waals surface area (Å²) < 4.78 is 0. The van der Waals surface area contributed by atoms with Crippen LogP contribution in [0.2, 0.25) is 10.0 Å². The van der Waals surface area contributed by atoms with E-state index in [0.29, 0.717) is 15.6 Å². The van der Waals surface area contributed by atoms with Crippen molar-refractivity contribution in [3.63, 3.8) is 0 Å². The van der Waals surface area contributed by atoms with Crippen LogP contribution in [-0.2, 0) is 0 Å². The lowest BCUT2D eigenvalue weighted by molar-refractivity contribution is 1.30. The highest BCUT2D eigenvalue weighted by Crippen LogP contribution is 2.28. The van der Waals surface area contributed by atoms with E-state index in [0.717, 1.165) is 11.1 Å². The highest BCUT2D eigenvalue weighted by molar-refractivity contribution is 6.42. The third kappa shape index (κ3) is 2.16. The van der Waals surface area contributed by atoms with Crippen LogP contribution in [0.5, 0.6) is 0 Å². The predicted octanol–water partition coefficient (Wildman–Crippen LogP) is 3.93. The number of nitrogens with zero attached hydrogens (tertiary/aromatic N) is 2. The summed E-state index contributed by atoms with van der Waals surface area (Å²) >= 11 is 11.7. The van der Waals surface area contributed by atoms with Gasteiger partial charge in [0.05, 0.1) is 15.6 Å². The molecule has 0 saturated heterocycles. The molecule has 0 aliphatic heterocycles. The molecule has 0 unspecified atom stereocenters. The van der Waals surface area contributed by atoms with Crippen molar-refractivity contribution in [2.75, 3.05) is 0 Å². The number of rotatable bonds is 1. The van der Waals surface area contributed by atoms with Crippen LogP contribution in [0.25, 0.3) is 11.1 Å². The fourth-order valence-electron chi connectivity index (χ4n) is 1.33. The molecule has 78 valence electrons. The van der Waals surface area contributed by atoms with Crippen molar-refractivity contribution in [1.29, 1.82) is 5.26 Å². The zero-order valence-electron chi connectivity index (χ0n) is 8.11. The lowest BCUT2D eigenvalue weighted by Gasteiger charge is -2.03. The molecule has 2 aromatic rings. The Morgan fingerprint density at radius 1 is 1.00 bits per heavy atom. The van der Waals surface area contributed by atoms with Crippen LogP contribution in [0.1, 0.15) is 5.56 Å². The highest BCUT2D eigenvalue weighted by Gasteiger charge is 2.03. The molecule has 0 amide bonds. The zero-order valence-corrected chi connectivity index (χ0v) is 9.63. The average molecular weight is 249 g/mol. The van der Waals surface area contributed by atoms with Crippen LogP contribution in [0.3, 0.4) is 0 Å². The van der Waals surface area contributed by atoms with E-state index < -0.39 is 0 Å². The second-order valence-corrected chi connectivity index (χ2v) is 4.02. The molecule has 2 nitrogen and oxygen atoms in total. The molecule has 1 aromatic heterocycles. The maximum Gasteiger partial charge on any atom is 0.101 e. The summed E-state index contributed by atoms with van der Waals surface area (Å²) in [6.07, 6.45) is 3.20. The first-order chi connectivity index (χ1) is 7.70. The molecule has 0 atom stereocenters. The Morgan fingerprint density at radius 3 is 2.50 bits per heavy atom. The quantitative estimate of drug-likeness (QED) is 0.767. The van der Waals surface area contributed by atoms with Crippen molar-refractivity contribution >= 4 is 23.2 Å². The maximum absolute atomic E-state index is 8.77. The molecule has 0 radical (unpaired) electrons. The van der Waals surface area contributed by atoms with Gasteiger partial charge in [0, 0.05) is 18.0 Å². The lowest BCUT2D eigenvalue weighted by Crippen LogP contribution is -1.83. The van der Waals surface area contributed by atoms with E-state index in [4.69, 9.17) is 28.5 Å². The molecule has 2 rings (SSSR count). The number of benzene rings is 1. The summed E-state index contributed by atoms with van der Waals surface area (Å²) in [5, 5.41) is 9.77. The Labute approximate surface area is 103 Å². The molecule has 4 heteroatoms. The molecule has 0 bridgehead atoms. The number of pyridine rings is 1. The Hall–Kier alpha value is -1.56. The van der Waals surface area contributed by atoms with Crippen LogP contribution in [0, 0.1) is 11.3 Å². The maximum atomic E-state index is 8.77. The number of hydrogen-bond donors (Lipinski definition) is 0. The van der Waals surface area contributed by atoms with Gasteiger partial charge in [0.2, 0.25) is 0 Å². The van der Waals surface area contributed by atoms with Crippen molar-refractivity contribution in [3.05, 3.63) is 52.3 Å². The van der Waals surface area contributed by atoms with Gasteiger partial charge in [-0.05, 0) is 23.8 Å². The molecule has 0 aliphatic carbocycles. The van der Waals surface area contributed by atoms with E-state index in [-0.39, 0.29) is 0 Å². The van der Waals surface area contributed by atoms with Crippen LogP contribution in [0.15, 0.2) is 36.7 Å². The van der Waals surface area contributed by atoms with E-state index in [1.807, 2.05) is 12.1 Å². The number of halogens is 2. The summed E-state index contributed by atoms with van der Waals surface area (Å²) in [7, 11) is 0. The number of aromatic nitrogens is 1. The fourth-order valence-corrected chi connectivity index (χ4v) is 1.63. The zero-order chi connectivity index (χ0) is 11.5. The SMILES string of the molecule is N#Cc1cncc(-c2ccc(Cl)c(Cl)c2)c1. The Bertz CT molecular complexity index is 573. The summed E-state index contributed by atoms with van der Waals surface area (Å²) in [5.41, 5.74) is 2.25. The van der Waals surface area contributed by atoms with Crippen LogP contribution >= 0.6 is 23.2 Å². The minimum atomic E-state index is 0.488. The van der Waals surface area contributed by atoms with Gasteiger partial charge < -0.3 is 0 Å². The molecule has 0 spiro atoms. The molecule has 0 N–H and O–H groups in total. The van der Waals surface area contributed by atoms with Crippen molar-refractivity contribution in [2.45, 2.75) is 0 Å². The minimum Gasteiger partial charge on any atom is -0.263 e. The molecule has 0 fully saturated rings. The van der Waals surface area contributed by atoms with E-state index in [1.54, 1.807) is 24.4 Å². The summed E-state index contributed by atoms with van der Waals surface area (Å²) in [6, 6.07) is 9.11. The van der Waals surface area contributed by atoms with E-state index >= 15 is 0 Å². The van der Waals surface area contributed by atoms with Gasteiger partial charge in [-0.2, -0.15) is 5.26 Å². The van der Waals surface area contributed by atoms with E-state index in [9.17, 15) is 0 Å². The summed E-state index contributed by atoms with van der Waals surface area (Å²) in [6.45, 7) is 0. The van der Waals surface area contributed by atoms with Crippen molar-refractivity contribution in [2.24, 2.45) is 0 Å². The number of nitriles is 1. The van der Waals surface area contributed by atoms with Crippen molar-refractivity contribution < 1.29 is 0 Å². The van der Waals surface area contributed by atoms with Gasteiger partial charge in [-0.1, -0.05) is 29.3 Å². The fraction of sp³-hybridized carbons (Fsp3) is 0. The Kier molecular flexibility index (Phi) is 3.09. The van der Waals surface area contributed by atoms with Crippen molar-refractivity contribution in [3.8, 4) is 17.2 Å². The minimum absolute atomic E-state index is 0.488. The normalized spacial score (nSPS) is 9.81. The second-order valence-electron chi connectivity index (χ2n) is 3.20. The third-order valence-corrected chi connectivity index (χ3v) is 2.86. The molecular formula is C12H6Cl2N2. The third-order valence-electron chi connectivity index (χ3n) is 2.12. The molecule has 1 heterocycles. The standard InChI is InChI=1S/C12H6Cl2N2/c13-11-2-1-9(4-12(11)14)10-3-8(5-15)6-16-7-10/h1-4,6-7H. The van der Waals surface area contributed by atoms with E-state index in [1.165, 1.54) is 6.20 Å². The Balaban J connectivity index is 2.51. The van der Waals surface area contributed by atoms with Crippen LogP contribution < -0.4 is 0 Å². The van der Waals surface area contributed by atoms with Gasteiger partial charge in [-0.15, -0.1) is 0 Å². The largest absolute Gasteiger partial charge is 0.263 e. The van der Waals surface area contributed by atoms with Gasteiger partial charge >= 0.3 is 0 Å². The molecule has 0 saturated carbocycles. The molecule has 16 heavy (non-hydrogen) atoms. The van der Waals surface area contributed by atoms with Gasteiger partial charge in [0.1, 0.15) is 6.07 Å². The topological polar surface area (TPSA) is 36.7 Å². The van der Waals surface area contributed by atoms with Crippen molar-refractivity contribution in [1.82, 2.24) is 4.98 Å². The summed E-state index contributed by atoms with van der Waals surface area (Å²) in [4.78, 5) is 3.99. The van der Waals surface area contributed by atoms with Gasteiger partial charge in [-0.25, -0.2) is 0 Å². The molecule has 0 aliphatic rings. The first-order valence-electron chi connectivity index (χ1n) is 4.51. The van der Waals surface area contributed by atoms with E-state index in [2.05, 4.69) is 4.98 Å². The second kappa shape index (κ2) is 4.52. The summed E-state index contributed by atoms with van der Waals surface area (Å²) in [5.74, 6) is 0. The van der Waals surface area contributed by atoms with Gasteiger partial charge in [0.15, 0.2) is 0 Å². The first kappa shape index (κ1) is 10.9. The molecule has 1 aromatic carbocycles. The van der Waals surface area contributed by atoms with Gasteiger partial charge in [-0.3, -0.25) is 4.98 Å². The monoisotopic (exact) mass is 248 g/mol. The smallest absolute Gasteiger partial charge is 0.101 e. The number of hydrogen-bond acceptors (Lipinski definition) is 2. The lowest BCUT2D eigenvalue weighted by atomic mass is 10.1. The van der Waals surface area contributed by atoms with Crippen LogP contribution in [0.4, 0.5) is 0 Å². The highest BCUT2D eigenvalue weighted by atomic mass is 35.5. The Morgan fingerprint density at radius 2 is 1.81 bits per heavy atom. The average Bonchev–Trinajstić information content (AvgIpc) is 2.33.